The van der Waals surface area contributed by atoms with Crippen LogP contribution in [0, 0.1) is 0 Å². The van der Waals surface area contributed by atoms with Gasteiger partial charge in [0.15, 0.2) is 11.2 Å². The van der Waals surface area contributed by atoms with Gasteiger partial charge in [0.05, 0.1) is 0 Å². The van der Waals surface area contributed by atoms with Crippen molar-refractivity contribution in [1.29, 1.82) is 0 Å². The van der Waals surface area contributed by atoms with Gasteiger partial charge in [0.2, 0.25) is 0 Å². The predicted molar refractivity (Wildman–Crippen MR) is 46.8 cm³/mol. The van der Waals surface area contributed by atoms with E-state index in [9.17, 15) is 44.6 Å². The Morgan fingerprint density at radius 2 is 1.19 bits per heavy atom. The lowest BCUT2D eigenvalue weighted by Gasteiger charge is -2.51. The number of halogens is 9. The van der Waals surface area contributed by atoms with Gasteiger partial charge in [-0.25, -0.2) is 0 Å². The molecule has 3 unspecified atom stereocenters. The Hall–Kier alpha value is -0.750. The summed E-state index contributed by atoms with van der Waals surface area (Å²) in [6, 6.07) is 0. The smallest absolute Gasteiger partial charge is 0.380 e. The molecule has 0 radical (unpaired) electrons. The van der Waals surface area contributed by atoms with E-state index in [4.69, 9.17) is 5.11 Å². The second-order valence-electron chi connectivity index (χ2n) is 5.00. The summed E-state index contributed by atoms with van der Waals surface area (Å²) in [6.07, 6.45) is -22.2. The Morgan fingerprint density at radius 3 is 1.48 bits per heavy atom. The van der Waals surface area contributed by atoms with Crippen molar-refractivity contribution >= 4 is 0 Å². The van der Waals surface area contributed by atoms with Crippen LogP contribution in [0.15, 0.2) is 0 Å². The fraction of sp³-hybridized carbons (Fsp3) is 1.00. The quantitative estimate of drug-likeness (QED) is 0.669. The summed E-state index contributed by atoms with van der Waals surface area (Å²) in [7, 11) is 0. The molecule has 0 amide bonds. The van der Waals surface area contributed by atoms with Crippen LogP contribution in [0.3, 0.4) is 0 Å². The van der Waals surface area contributed by atoms with Crippen molar-refractivity contribution in [1.82, 2.24) is 0 Å². The highest BCUT2D eigenvalue weighted by Crippen LogP contribution is 2.56. The number of hydrogen-bond donors (Lipinski definition) is 2. The number of alkyl halides is 9. The number of aliphatic hydroxyl groups is 2. The first-order valence-electron chi connectivity index (χ1n) is 5.22. The Bertz CT molecular complexity index is 340. The third-order valence-electron chi connectivity index (χ3n) is 3.13. The minimum absolute atomic E-state index is 0.112. The minimum Gasteiger partial charge on any atom is -0.380 e. The van der Waals surface area contributed by atoms with E-state index in [-0.39, 0.29) is 6.92 Å². The van der Waals surface area contributed by atoms with Gasteiger partial charge in [0, 0.05) is 12.8 Å². The van der Waals surface area contributed by atoms with E-state index in [1.807, 2.05) is 0 Å². The van der Waals surface area contributed by atoms with Crippen molar-refractivity contribution < 1.29 is 54.5 Å². The zero-order chi connectivity index (χ0) is 17.1. The van der Waals surface area contributed by atoms with Gasteiger partial charge in [-0.3, -0.25) is 0 Å². The van der Waals surface area contributed by atoms with Gasteiger partial charge in [-0.2, -0.15) is 39.5 Å². The maximum atomic E-state index is 12.7. The minimum atomic E-state index is -5.97. The van der Waals surface area contributed by atoms with Crippen LogP contribution in [0.5, 0.6) is 0 Å². The van der Waals surface area contributed by atoms with Gasteiger partial charge >= 0.3 is 18.5 Å². The summed E-state index contributed by atoms with van der Waals surface area (Å²) in [6.45, 7) is -0.112. The molecule has 3 atom stereocenters. The fourth-order valence-corrected chi connectivity index (χ4v) is 1.98. The van der Waals surface area contributed by atoms with E-state index in [0.29, 0.717) is 0 Å². The Balaban J connectivity index is 3.44. The molecule has 126 valence electrons. The van der Waals surface area contributed by atoms with Crippen molar-refractivity contribution in [3.8, 4) is 0 Å². The molecule has 12 heteroatoms. The lowest BCUT2D eigenvalue weighted by molar-refractivity contribution is -0.470. The first kappa shape index (κ1) is 18.3. The number of ether oxygens (including phenoxy) is 1. The van der Waals surface area contributed by atoms with Crippen molar-refractivity contribution in [2.75, 3.05) is 0 Å². The van der Waals surface area contributed by atoms with Crippen LogP contribution >= 0.6 is 0 Å². The molecule has 1 rings (SSSR count). The predicted octanol–water partition coefficient (Wildman–Crippen LogP) is 2.66. The highest BCUT2D eigenvalue weighted by atomic mass is 19.4. The second kappa shape index (κ2) is 4.38. The van der Waals surface area contributed by atoms with Crippen LogP contribution in [0.4, 0.5) is 39.5 Å². The largest absolute Gasteiger partial charge is 0.443 e. The van der Waals surface area contributed by atoms with Gasteiger partial charge in [-0.05, 0) is 6.92 Å². The van der Waals surface area contributed by atoms with Gasteiger partial charge in [-0.15, -0.1) is 0 Å². The molecule has 0 aliphatic carbocycles. The summed E-state index contributed by atoms with van der Waals surface area (Å²) in [5.74, 6) is -4.79. The molecule has 21 heavy (non-hydrogen) atoms. The molecule has 0 bridgehead atoms. The summed E-state index contributed by atoms with van der Waals surface area (Å²) in [4.78, 5) is 0. The SMILES string of the molecule is CC1(C(F)(F)F)CC(O)(C(F)(F)F)CC(O)(C(F)(F)F)O1. The first-order valence-corrected chi connectivity index (χ1v) is 5.22. The molecule has 1 aliphatic heterocycles. The monoisotopic (exact) mass is 336 g/mol. The number of hydrogen-bond acceptors (Lipinski definition) is 3. The third-order valence-corrected chi connectivity index (χ3v) is 3.13. The molecule has 0 aromatic rings. The molecule has 1 fully saturated rings. The summed E-state index contributed by atoms with van der Waals surface area (Å²) < 4.78 is 117. The average molecular weight is 336 g/mol. The van der Waals surface area contributed by atoms with Crippen LogP contribution in [0.25, 0.3) is 0 Å². The molecule has 0 aromatic carbocycles. The molecule has 0 spiro atoms. The molecule has 1 aliphatic rings. The van der Waals surface area contributed by atoms with Crippen LogP contribution < -0.4 is 0 Å². The molecular formula is C9H9F9O3. The van der Waals surface area contributed by atoms with Crippen molar-refractivity contribution in [3.05, 3.63) is 0 Å². The lowest BCUT2D eigenvalue weighted by Crippen LogP contribution is -2.70. The van der Waals surface area contributed by atoms with E-state index in [1.165, 1.54) is 0 Å². The molecule has 0 aromatic heterocycles. The first-order chi connectivity index (χ1) is 8.87. The molecule has 2 N–H and O–H groups in total. The van der Waals surface area contributed by atoms with E-state index in [2.05, 4.69) is 4.74 Å². The van der Waals surface area contributed by atoms with Gasteiger partial charge in [0.1, 0.15) is 0 Å². The topological polar surface area (TPSA) is 49.7 Å². The maximum Gasteiger partial charge on any atom is 0.443 e. The zero-order valence-corrected chi connectivity index (χ0v) is 10.1. The average Bonchev–Trinajstić information content (AvgIpc) is 2.09. The molecule has 1 heterocycles. The lowest BCUT2D eigenvalue weighted by atomic mass is 9.78. The van der Waals surface area contributed by atoms with E-state index in [0.717, 1.165) is 0 Å². The van der Waals surface area contributed by atoms with Crippen molar-refractivity contribution in [3.63, 3.8) is 0 Å². The zero-order valence-electron chi connectivity index (χ0n) is 10.1. The van der Waals surface area contributed by atoms with E-state index in [1.54, 1.807) is 0 Å². The third kappa shape index (κ3) is 2.93. The van der Waals surface area contributed by atoms with Crippen LogP contribution in [0.2, 0.25) is 0 Å². The highest BCUT2D eigenvalue weighted by Gasteiger charge is 2.75. The molecular weight excluding hydrogens is 327 g/mol. The number of rotatable bonds is 0. The Kier molecular flexibility index (Phi) is 3.82. The Morgan fingerprint density at radius 1 is 0.762 bits per heavy atom. The van der Waals surface area contributed by atoms with Crippen LogP contribution in [-0.4, -0.2) is 45.7 Å². The second-order valence-corrected chi connectivity index (χ2v) is 5.00. The van der Waals surface area contributed by atoms with Crippen molar-refractivity contribution in [2.45, 2.75) is 55.3 Å². The Labute approximate surface area is 111 Å². The van der Waals surface area contributed by atoms with E-state index >= 15 is 0 Å². The van der Waals surface area contributed by atoms with Gasteiger partial charge < -0.3 is 14.9 Å². The van der Waals surface area contributed by atoms with Gasteiger partial charge in [0.25, 0.3) is 5.79 Å². The standard InChI is InChI=1S/C9H9F9O3/c1-4(7(10,11)12)2-5(19,8(13,14)15)3-6(20,21-4)9(16,17)18/h19-20H,2-3H2,1H3. The molecule has 1 saturated heterocycles. The fourth-order valence-electron chi connectivity index (χ4n) is 1.98. The van der Waals surface area contributed by atoms with Crippen LogP contribution in [-0.2, 0) is 4.74 Å². The maximum absolute atomic E-state index is 12.7. The summed E-state index contributed by atoms with van der Waals surface area (Å²) >= 11 is 0. The molecule has 3 nitrogen and oxygen atoms in total. The molecule has 0 saturated carbocycles. The highest BCUT2D eigenvalue weighted by molar-refractivity contribution is 5.06. The summed E-state index contributed by atoms with van der Waals surface area (Å²) in [5.41, 5.74) is -8.46. The van der Waals surface area contributed by atoms with Crippen LogP contribution in [0.1, 0.15) is 19.8 Å². The van der Waals surface area contributed by atoms with E-state index < -0.39 is 48.4 Å². The van der Waals surface area contributed by atoms with Crippen molar-refractivity contribution in [2.24, 2.45) is 0 Å². The van der Waals surface area contributed by atoms with Gasteiger partial charge in [-0.1, -0.05) is 0 Å². The summed E-state index contributed by atoms with van der Waals surface area (Å²) in [5, 5.41) is 18.3. The normalized spacial score (nSPS) is 39.4.